The summed E-state index contributed by atoms with van der Waals surface area (Å²) in [6.45, 7) is 8.74. The molecule has 7 heteroatoms. The molecule has 2 rings (SSSR count). The summed E-state index contributed by atoms with van der Waals surface area (Å²) in [7, 11) is 0. The highest BCUT2D eigenvalue weighted by atomic mass is 35.5. The highest BCUT2D eigenvalue weighted by Gasteiger charge is 2.12. The summed E-state index contributed by atoms with van der Waals surface area (Å²) < 4.78 is 2.06. The van der Waals surface area contributed by atoms with Crippen molar-refractivity contribution in [3.8, 4) is 0 Å². The van der Waals surface area contributed by atoms with E-state index in [4.69, 9.17) is 11.6 Å². The van der Waals surface area contributed by atoms with Crippen LogP contribution in [0.25, 0.3) is 0 Å². The molecule has 0 saturated heterocycles. The van der Waals surface area contributed by atoms with Gasteiger partial charge in [-0.25, -0.2) is 9.97 Å². The number of hydrogen-bond acceptors (Lipinski definition) is 5. The van der Waals surface area contributed by atoms with Gasteiger partial charge in [0.25, 0.3) is 0 Å². The van der Waals surface area contributed by atoms with Gasteiger partial charge in [-0.3, -0.25) is 0 Å². The second-order valence-electron chi connectivity index (χ2n) is 4.30. The zero-order chi connectivity index (χ0) is 14.5. The summed E-state index contributed by atoms with van der Waals surface area (Å²) in [6.07, 6.45) is 4.29. The molecule has 0 unspecified atom stereocenters. The first-order chi connectivity index (χ1) is 9.67. The van der Waals surface area contributed by atoms with Crippen molar-refractivity contribution in [3.63, 3.8) is 0 Å². The number of halogens is 1. The number of nitrogens with zero attached hydrogens (tertiary/aromatic N) is 6. The van der Waals surface area contributed by atoms with E-state index in [1.165, 1.54) is 0 Å². The van der Waals surface area contributed by atoms with E-state index in [1.54, 1.807) is 6.20 Å². The molecule has 2 heterocycles. The van der Waals surface area contributed by atoms with Crippen LogP contribution in [0.5, 0.6) is 0 Å². The Morgan fingerprint density at radius 1 is 1.15 bits per heavy atom. The topological polar surface area (TPSA) is 59.7 Å². The molecular formula is C13H19ClN6. The number of rotatable bonds is 6. The second-order valence-corrected chi connectivity index (χ2v) is 4.64. The van der Waals surface area contributed by atoms with E-state index >= 15 is 0 Å². The maximum atomic E-state index is 6.01. The van der Waals surface area contributed by atoms with Crippen molar-refractivity contribution in [2.45, 2.75) is 33.7 Å². The predicted molar refractivity (Wildman–Crippen MR) is 79.1 cm³/mol. The van der Waals surface area contributed by atoms with Gasteiger partial charge in [0.2, 0.25) is 11.2 Å². The molecule has 0 fully saturated rings. The normalized spacial score (nSPS) is 10.8. The third-order valence-electron chi connectivity index (χ3n) is 3.15. The minimum Gasteiger partial charge on any atom is -0.341 e. The van der Waals surface area contributed by atoms with Gasteiger partial charge in [-0.15, -0.1) is 0 Å². The summed E-state index contributed by atoms with van der Waals surface area (Å²) in [5.74, 6) is 2.20. The average Bonchev–Trinajstić information content (AvgIpc) is 2.86. The summed E-state index contributed by atoms with van der Waals surface area (Å²) >= 11 is 6.01. The van der Waals surface area contributed by atoms with Crippen molar-refractivity contribution in [2.24, 2.45) is 0 Å². The number of anilines is 1. The summed E-state index contributed by atoms with van der Waals surface area (Å²) in [5.41, 5.74) is 0. The molecule has 0 spiro atoms. The third-order valence-corrected chi connectivity index (χ3v) is 3.32. The van der Waals surface area contributed by atoms with Crippen molar-refractivity contribution in [3.05, 3.63) is 29.3 Å². The Morgan fingerprint density at radius 2 is 1.90 bits per heavy atom. The van der Waals surface area contributed by atoms with Crippen molar-refractivity contribution in [1.29, 1.82) is 0 Å². The second kappa shape index (κ2) is 6.65. The van der Waals surface area contributed by atoms with E-state index in [9.17, 15) is 0 Å². The lowest BCUT2D eigenvalue weighted by Crippen LogP contribution is -2.25. The first-order valence-corrected chi connectivity index (χ1v) is 7.21. The van der Waals surface area contributed by atoms with Crippen LogP contribution in [0.2, 0.25) is 5.28 Å². The van der Waals surface area contributed by atoms with Crippen molar-refractivity contribution in [2.75, 3.05) is 18.0 Å². The monoisotopic (exact) mass is 294 g/mol. The van der Waals surface area contributed by atoms with Crippen LogP contribution in [0.4, 0.5) is 5.95 Å². The molecule has 20 heavy (non-hydrogen) atoms. The molecule has 0 aliphatic rings. The van der Waals surface area contributed by atoms with Gasteiger partial charge in [0, 0.05) is 32.0 Å². The molecular weight excluding hydrogens is 276 g/mol. The lowest BCUT2D eigenvalue weighted by atomic mass is 10.3. The van der Waals surface area contributed by atoms with E-state index < -0.39 is 0 Å². The van der Waals surface area contributed by atoms with Crippen LogP contribution >= 0.6 is 11.6 Å². The van der Waals surface area contributed by atoms with E-state index in [2.05, 4.69) is 45.3 Å². The Labute approximate surface area is 123 Å². The average molecular weight is 295 g/mol. The Balaban J connectivity index is 2.28. The SMILES string of the molecule is CCN(CC)c1nc(Cl)nc(Cc2nccn2CC)n1. The van der Waals surface area contributed by atoms with E-state index in [-0.39, 0.29) is 5.28 Å². The van der Waals surface area contributed by atoms with Gasteiger partial charge < -0.3 is 9.47 Å². The van der Waals surface area contributed by atoms with Gasteiger partial charge in [-0.2, -0.15) is 9.97 Å². The fourth-order valence-electron chi connectivity index (χ4n) is 2.04. The van der Waals surface area contributed by atoms with Crippen LogP contribution in [0, 0.1) is 0 Å². The van der Waals surface area contributed by atoms with Gasteiger partial charge in [-0.1, -0.05) is 0 Å². The molecule has 2 aromatic heterocycles. The van der Waals surface area contributed by atoms with Gasteiger partial charge in [0.15, 0.2) is 0 Å². The minimum absolute atomic E-state index is 0.228. The minimum atomic E-state index is 0.228. The molecule has 0 radical (unpaired) electrons. The van der Waals surface area contributed by atoms with Crippen LogP contribution < -0.4 is 4.90 Å². The molecule has 0 N–H and O–H groups in total. The fourth-order valence-corrected chi connectivity index (χ4v) is 2.22. The van der Waals surface area contributed by atoms with Crippen LogP contribution in [0.15, 0.2) is 12.4 Å². The van der Waals surface area contributed by atoms with Gasteiger partial charge in [0.05, 0.1) is 6.42 Å². The highest BCUT2D eigenvalue weighted by Crippen LogP contribution is 2.13. The van der Waals surface area contributed by atoms with Gasteiger partial charge >= 0.3 is 0 Å². The molecule has 0 aliphatic heterocycles. The summed E-state index contributed by atoms with van der Waals surface area (Å²) in [6, 6.07) is 0. The molecule has 0 aromatic carbocycles. The quantitative estimate of drug-likeness (QED) is 0.817. The predicted octanol–water partition coefficient (Wildman–Crippen LogP) is 2.18. The summed E-state index contributed by atoms with van der Waals surface area (Å²) in [5, 5.41) is 0.228. The van der Waals surface area contributed by atoms with Crippen molar-refractivity contribution < 1.29 is 0 Å². The number of hydrogen-bond donors (Lipinski definition) is 0. The molecule has 0 amide bonds. The largest absolute Gasteiger partial charge is 0.341 e. The molecule has 6 nitrogen and oxygen atoms in total. The highest BCUT2D eigenvalue weighted by molar-refractivity contribution is 6.28. The number of imidazole rings is 1. The van der Waals surface area contributed by atoms with Gasteiger partial charge in [-0.05, 0) is 32.4 Å². The van der Waals surface area contributed by atoms with Crippen LogP contribution in [0.1, 0.15) is 32.4 Å². The molecule has 2 aromatic rings. The standard InChI is InChI=1S/C13H19ClN6/c1-4-19(5-2)13-17-10(16-12(14)18-13)9-11-15-7-8-20(11)6-3/h7-8H,4-6,9H2,1-3H3. The molecule has 0 saturated carbocycles. The number of aromatic nitrogens is 5. The van der Waals surface area contributed by atoms with Crippen LogP contribution in [-0.2, 0) is 13.0 Å². The smallest absolute Gasteiger partial charge is 0.229 e. The first-order valence-electron chi connectivity index (χ1n) is 6.83. The van der Waals surface area contributed by atoms with Crippen LogP contribution in [-0.4, -0.2) is 37.6 Å². The number of aryl methyl sites for hydroxylation is 1. The molecule has 108 valence electrons. The Kier molecular flexibility index (Phi) is 4.89. The van der Waals surface area contributed by atoms with Gasteiger partial charge in [0.1, 0.15) is 11.6 Å². The first kappa shape index (κ1) is 14.7. The molecule has 0 aliphatic carbocycles. The maximum Gasteiger partial charge on any atom is 0.229 e. The van der Waals surface area contributed by atoms with Crippen molar-refractivity contribution >= 4 is 17.5 Å². The zero-order valence-electron chi connectivity index (χ0n) is 12.0. The fraction of sp³-hybridized carbons (Fsp3) is 0.538. The Hall–Kier alpha value is -1.69. The van der Waals surface area contributed by atoms with E-state index in [1.807, 2.05) is 11.1 Å². The Bertz CT molecular complexity index is 564. The maximum absolute atomic E-state index is 6.01. The van der Waals surface area contributed by atoms with E-state index in [0.29, 0.717) is 18.2 Å². The Morgan fingerprint density at radius 3 is 2.55 bits per heavy atom. The zero-order valence-corrected chi connectivity index (χ0v) is 12.8. The van der Waals surface area contributed by atoms with Crippen LogP contribution in [0.3, 0.4) is 0 Å². The summed E-state index contributed by atoms with van der Waals surface area (Å²) in [4.78, 5) is 19.3. The molecule has 0 bridgehead atoms. The lowest BCUT2D eigenvalue weighted by molar-refractivity contribution is 0.698. The lowest BCUT2D eigenvalue weighted by Gasteiger charge is -2.18. The molecule has 0 atom stereocenters. The van der Waals surface area contributed by atoms with E-state index in [0.717, 1.165) is 25.5 Å². The van der Waals surface area contributed by atoms with Crippen molar-refractivity contribution in [1.82, 2.24) is 24.5 Å². The third kappa shape index (κ3) is 3.25.